The van der Waals surface area contributed by atoms with Gasteiger partial charge in [0.25, 0.3) is 0 Å². The van der Waals surface area contributed by atoms with Gasteiger partial charge in [-0.05, 0) is 30.7 Å². The van der Waals surface area contributed by atoms with Gasteiger partial charge in [-0.15, -0.1) is 0 Å². The van der Waals surface area contributed by atoms with Gasteiger partial charge < -0.3 is 19.1 Å². The first-order valence-electron chi connectivity index (χ1n) is 8.34. The van der Waals surface area contributed by atoms with Crippen LogP contribution in [0.15, 0.2) is 12.3 Å². The topological polar surface area (TPSA) is 43.8 Å². The Morgan fingerprint density at radius 3 is 2.56 bits per heavy atom. The van der Waals surface area contributed by atoms with Gasteiger partial charge in [-0.1, -0.05) is 0 Å². The first-order chi connectivity index (χ1) is 11.9. The molecule has 0 atom stereocenters. The van der Waals surface area contributed by atoms with Gasteiger partial charge in [-0.25, -0.2) is 4.98 Å². The van der Waals surface area contributed by atoms with E-state index < -0.39 is 12.6 Å². The number of hydrogen-bond acceptors (Lipinski definition) is 5. The summed E-state index contributed by atoms with van der Waals surface area (Å²) in [6, 6.07) is 1.73. The fraction of sp³-hybridized carbons (Fsp3) is 0.706. The van der Waals surface area contributed by atoms with Crippen LogP contribution in [0.2, 0.25) is 0 Å². The van der Waals surface area contributed by atoms with Crippen molar-refractivity contribution in [2.45, 2.75) is 31.9 Å². The monoisotopic (exact) mass is 362 g/mol. The Kier molecular flexibility index (Phi) is 7.31. The SMILES string of the molecule is COCOCC1CCN(c2cc(OC)ncc2CCC(F)(F)F)CC1. The van der Waals surface area contributed by atoms with Crippen LogP contribution in [0.1, 0.15) is 24.8 Å². The van der Waals surface area contributed by atoms with E-state index in [-0.39, 0.29) is 13.2 Å². The van der Waals surface area contributed by atoms with Crippen LogP contribution in [-0.4, -0.2) is 51.9 Å². The number of aryl methyl sites for hydroxylation is 1. The molecule has 0 spiro atoms. The Labute approximate surface area is 146 Å². The zero-order valence-electron chi connectivity index (χ0n) is 14.6. The van der Waals surface area contributed by atoms with Crippen molar-refractivity contribution in [3.8, 4) is 5.88 Å². The van der Waals surface area contributed by atoms with Crippen molar-refractivity contribution in [3.05, 3.63) is 17.8 Å². The van der Waals surface area contributed by atoms with Crippen molar-refractivity contribution in [1.82, 2.24) is 4.98 Å². The number of piperidine rings is 1. The summed E-state index contributed by atoms with van der Waals surface area (Å²) < 4.78 is 53.1. The minimum atomic E-state index is -4.18. The first-order valence-corrected chi connectivity index (χ1v) is 8.34. The first kappa shape index (κ1) is 19.8. The van der Waals surface area contributed by atoms with Crippen LogP contribution in [0.4, 0.5) is 18.9 Å². The third kappa shape index (κ3) is 6.36. The lowest BCUT2D eigenvalue weighted by Crippen LogP contribution is -2.36. The van der Waals surface area contributed by atoms with E-state index in [4.69, 9.17) is 14.2 Å². The quantitative estimate of drug-likeness (QED) is 0.524. The number of halogens is 3. The van der Waals surface area contributed by atoms with E-state index in [9.17, 15) is 13.2 Å². The number of ether oxygens (including phenoxy) is 3. The summed E-state index contributed by atoms with van der Waals surface area (Å²) >= 11 is 0. The fourth-order valence-corrected chi connectivity index (χ4v) is 2.97. The smallest absolute Gasteiger partial charge is 0.389 e. The van der Waals surface area contributed by atoms with E-state index in [2.05, 4.69) is 9.88 Å². The van der Waals surface area contributed by atoms with Crippen LogP contribution in [0.25, 0.3) is 0 Å². The molecule has 1 aromatic heterocycles. The lowest BCUT2D eigenvalue weighted by Gasteiger charge is -2.34. The number of nitrogens with zero attached hydrogens (tertiary/aromatic N) is 2. The molecule has 2 rings (SSSR count). The maximum absolute atomic E-state index is 12.6. The Morgan fingerprint density at radius 1 is 1.24 bits per heavy atom. The summed E-state index contributed by atoms with van der Waals surface area (Å²) in [6.07, 6.45) is -1.77. The predicted octanol–water partition coefficient (Wildman–Crippen LogP) is 3.42. The molecule has 142 valence electrons. The number of alkyl halides is 3. The highest BCUT2D eigenvalue weighted by Crippen LogP contribution is 2.31. The van der Waals surface area contributed by atoms with Crippen LogP contribution in [-0.2, 0) is 15.9 Å². The minimum Gasteiger partial charge on any atom is -0.481 e. The van der Waals surface area contributed by atoms with Gasteiger partial charge in [0.05, 0.1) is 13.7 Å². The van der Waals surface area contributed by atoms with Crippen molar-refractivity contribution in [1.29, 1.82) is 0 Å². The van der Waals surface area contributed by atoms with E-state index >= 15 is 0 Å². The molecule has 1 aliphatic rings. The summed E-state index contributed by atoms with van der Waals surface area (Å²) in [5.41, 5.74) is 1.39. The molecule has 1 aliphatic heterocycles. The average Bonchev–Trinajstić information content (AvgIpc) is 2.60. The number of methoxy groups -OCH3 is 2. The van der Waals surface area contributed by atoms with Gasteiger partial charge in [0.1, 0.15) is 6.79 Å². The highest BCUT2D eigenvalue weighted by molar-refractivity contribution is 5.55. The molecule has 25 heavy (non-hydrogen) atoms. The molecule has 0 unspecified atom stereocenters. The Balaban J connectivity index is 2.02. The summed E-state index contributed by atoms with van der Waals surface area (Å²) in [5, 5.41) is 0. The lowest BCUT2D eigenvalue weighted by atomic mass is 9.96. The minimum absolute atomic E-state index is 0.0767. The third-order valence-electron chi connectivity index (χ3n) is 4.33. The van der Waals surface area contributed by atoms with Crippen molar-refractivity contribution in [3.63, 3.8) is 0 Å². The van der Waals surface area contributed by atoms with Gasteiger partial charge in [-0.2, -0.15) is 13.2 Å². The molecule has 1 fully saturated rings. The fourth-order valence-electron chi connectivity index (χ4n) is 2.97. The Morgan fingerprint density at radius 2 is 1.96 bits per heavy atom. The zero-order chi connectivity index (χ0) is 18.3. The van der Waals surface area contributed by atoms with E-state index in [0.717, 1.165) is 31.6 Å². The van der Waals surface area contributed by atoms with E-state index in [1.807, 2.05) is 0 Å². The summed E-state index contributed by atoms with van der Waals surface area (Å²) in [7, 11) is 3.09. The molecule has 0 amide bonds. The second-order valence-electron chi connectivity index (χ2n) is 6.18. The number of anilines is 1. The van der Waals surface area contributed by atoms with E-state index in [1.165, 1.54) is 13.3 Å². The van der Waals surface area contributed by atoms with Gasteiger partial charge in [0.15, 0.2) is 0 Å². The molecule has 1 saturated heterocycles. The van der Waals surface area contributed by atoms with Crippen LogP contribution in [0, 0.1) is 5.92 Å². The summed E-state index contributed by atoms with van der Waals surface area (Å²) in [5.74, 6) is 0.852. The Bertz CT molecular complexity index is 532. The molecule has 0 aromatic carbocycles. The maximum atomic E-state index is 12.6. The second kappa shape index (κ2) is 9.24. The second-order valence-corrected chi connectivity index (χ2v) is 6.18. The van der Waals surface area contributed by atoms with Crippen LogP contribution < -0.4 is 9.64 Å². The number of pyridine rings is 1. The average molecular weight is 362 g/mol. The normalized spacial score (nSPS) is 16.3. The number of hydrogen-bond donors (Lipinski definition) is 0. The molecular weight excluding hydrogens is 337 g/mol. The standard InChI is InChI=1S/C17H25F3N2O3/c1-23-12-25-11-13-4-7-22(8-5-13)15-9-16(24-2)21-10-14(15)3-6-17(18,19)20/h9-10,13H,3-8,11-12H2,1-2H3. The molecule has 2 heterocycles. The Hall–Kier alpha value is -1.54. The van der Waals surface area contributed by atoms with Gasteiger partial charge >= 0.3 is 6.18 Å². The van der Waals surface area contributed by atoms with E-state index in [0.29, 0.717) is 24.0 Å². The van der Waals surface area contributed by atoms with Crippen LogP contribution >= 0.6 is 0 Å². The predicted molar refractivity (Wildman–Crippen MR) is 87.9 cm³/mol. The lowest BCUT2D eigenvalue weighted by molar-refractivity contribution is -0.133. The van der Waals surface area contributed by atoms with Crippen LogP contribution in [0.3, 0.4) is 0 Å². The molecule has 8 heteroatoms. The van der Waals surface area contributed by atoms with Gasteiger partial charge in [0, 0.05) is 44.6 Å². The molecule has 5 nitrogen and oxygen atoms in total. The van der Waals surface area contributed by atoms with Gasteiger partial charge in [-0.3, -0.25) is 0 Å². The molecular formula is C17H25F3N2O3. The van der Waals surface area contributed by atoms with Crippen molar-refractivity contribution in [2.24, 2.45) is 5.92 Å². The van der Waals surface area contributed by atoms with Gasteiger partial charge in [0.2, 0.25) is 5.88 Å². The van der Waals surface area contributed by atoms with Crippen molar-refractivity contribution >= 4 is 5.69 Å². The summed E-state index contributed by atoms with van der Waals surface area (Å²) in [6.45, 7) is 2.46. The molecule has 0 saturated carbocycles. The van der Waals surface area contributed by atoms with Crippen molar-refractivity contribution < 1.29 is 27.4 Å². The molecule has 0 radical (unpaired) electrons. The third-order valence-corrected chi connectivity index (χ3v) is 4.33. The molecule has 0 aliphatic carbocycles. The maximum Gasteiger partial charge on any atom is 0.389 e. The van der Waals surface area contributed by atoms with Crippen LogP contribution in [0.5, 0.6) is 5.88 Å². The number of aromatic nitrogens is 1. The molecule has 0 N–H and O–H groups in total. The van der Waals surface area contributed by atoms with E-state index in [1.54, 1.807) is 13.2 Å². The highest BCUT2D eigenvalue weighted by atomic mass is 19.4. The molecule has 0 bridgehead atoms. The highest BCUT2D eigenvalue weighted by Gasteiger charge is 2.28. The molecule has 1 aromatic rings. The largest absolute Gasteiger partial charge is 0.481 e. The number of rotatable bonds is 8. The van der Waals surface area contributed by atoms with Crippen molar-refractivity contribution in [2.75, 3.05) is 45.6 Å². The summed E-state index contributed by atoms with van der Waals surface area (Å²) in [4.78, 5) is 6.18. The zero-order valence-corrected chi connectivity index (χ0v) is 14.6.